The lowest BCUT2D eigenvalue weighted by Gasteiger charge is -2.00. The van der Waals surface area contributed by atoms with Gasteiger partial charge in [-0.25, -0.2) is 0 Å². The highest BCUT2D eigenvalue weighted by Gasteiger charge is 1.96. The molecular formula is C11H11NO. The topological polar surface area (TPSA) is 43.1 Å². The summed E-state index contributed by atoms with van der Waals surface area (Å²) >= 11 is 0. The van der Waals surface area contributed by atoms with E-state index in [0.717, 1.165) is 23.1 Å². The predicted octanol–water partition coefficient (Wildman–Crippen LogP) is 1.52. The monoisotopic (exact) mass is 173 g/mol. The van der Waals surface area contributed by atoms with Gasteiger partial charge in [-0.2, -0.15) is 0 Å². The zero-order valence-corrected chi connectivity index (χ0v) is 7.50. The summed E-state index contributed by atoms with van der Waals surface area (Å²) in [6.07, 6.45) is 1.06. The number of aldehydes is 1. The SMILES string of the molecule is Cc1c(N)cccc1C#CCC=O. The fourth-order valence-corrected chi connectivity index (χ4v) is 0.977. The summed E-state index contributed by atoms with van der Waals surface area (Å²) in [4.78, 5) is 10.0. The van der Waals surface area contributed by atoms with Crippen LogP contribution in [0.4, 0.5) is 5.69 Å². The Morgan fingerprint density at radius 1 is 1.54 bits per heavy atom. The largest absolute Gasteiger partial charge is 0.398 e. The van der Waals surface area contributed by atoms with Crippen molar-refractivity contribution in [3.8, 4) is 11.8 Å². The molecule has 0 aliphatic carbocycles. The van der Waals surface area contributed by atoms with Gasteiger partial charge in [0, 0.05) is 11.3 Å². The number of rotatable bonds is 1. The summed E-state index contributed by atoms with van der Waals surface area (Å²) in [7, 11) is 0. The highest BCUT2D eigenvalue weighted by atomic mass is 16.1. The molecule has 2 N–H and O–H groups in total. The molecule has 66 valence electrons. The van der Waals surface area contributed by atoms with E-state index in [-0.39, 0.29) is 6.42 Å². The first-order valence-electron chi connectivity index (χ1n) is 4.03. The average Bonchev–Trinajstić information content (AvgIpc) is 2.13. The Kier molecular flexibility index (Phi) is 3.10. The fourth-order valence-electron chi connectivity index (χ4n) is 0.977. The molecule has 0 bridgehead atoms. The Morgan fingerprint density at radius 3 is 3.00 bits per heavy atom. The van der Waals surface area contributed by atoms with E-state index in [1.807, 2.05) is 25.1 Å². The van der Waals surface area contributed by atoms with Crippen molar-refractivity contribution in [1.29, 1.82) is 0 Å². The average molecular weight is 173 g/mol. The molecule has 0 amide bonds. The van der Waals surface area contributed by atoms with Gasteiger partial charge in [-0.05, 0) is 24.6 Å². The van der Waals surface area contributed by atoms with Gasteiger partial charge < -0.3 is 10.5 Å². The van der Waals surface area contributed by atoms with E-state index in [0.29, 0.717) is 0 Å². The molecule has 0 saturated carbocycles. The van der Waals surface area contributed by atoms with Crippen LogP contribution in [0.2, 0.25) is 0 Å². The molecule has 0 fully saturated rings. The van der Waals surface area contributed by atoms with Crippen LogP contribution in [0.15, 0.2) is 18.2 Å². The second kappa shape index (κ2) is 4.32. The Hall–Kier alpha value is -1.75. The minimum absolute atomic E-state index is 0.272. The number of benzene rings is 1. The molecule has 0 atom stereocenters. The van der Waals surface area contributed by atoms with Gasteiger partial charge in [0.1, 0.15) is 6.29 Å². The fraction of sp³-hybridized carbons (Fsp3) is 0.182. The molecule has 1 rings (SSSR count). The molecule has 0 aliphatic heterocycles. The Bertz CT molecular complexity index is 371. The highest BCUT2D eigenvalue weighted by Crippen LogP contribution is 2.13. The first kappa shape index (κ1) is 9.34. The van der Waals surface area contributed by atoms with Crippen LogP contribution in [0.3, 0.4) is 0 Å². The Labute approximate surface area is 77.8 Å². The second-order valence-electron chi connectivity index (χ2n) is 2.69. The van der Waals surface area contributed by atoms with Crippen molar-refractivity contribution in [1.82, 2.24) is 0 Å². The van der Waals surface area contributed by atoms with Crippen LogP contribution in [-0.2, 0) is 4.79 Å². The molecule has 0 unspecified atom stereocenters. The molecule has 0 aliphatic rings. The molecule has 0 radical (unpaired) electrons. The molecule has 0 heterocycles. The Morgan fingerprint density at radius 2 is 2.31 bits per heavy atom. The van der Waals surface area contributed by atoms with Crippen LogP contribution in [-0.4, -0.2) is 6.29 Å². The van der Waals surface area contributed by atoms with E-state index >= 15 is 0 Å². The van der Waals surface area contributed by atoms with Crippen LogP contribution in [0.25, 0.3) is 0 Å². The van der Waals surface area contributed by atoms with Crippen LogP contribution in [0, 0.1) is 18.8 Å². The first-order chi connectivity index (χ1) is 6.25. The maximum absolute atomic E-state index is 10.0. The maximum atomic E-state index is 10.0. The predicted molar refractivity (Wildman–Crippen MR) is 53.2 cm³/mol. The normalized spacial score (nSPS) is 8.69. The third-order valence-corrected chi connectivity index (χ3v) is 1.78. The standard InChI is InChI=1S/C11H11NO/c1-9-10(5-2-3-8-13)6-4-7-11(9)12/h4,6-8H,3,12H2,1H3. The molecule has 0 saturated heterocycles. The van der Waals surface area contributed by atoms with Crippen LogP contribution in [0.1, 0.15) is 17.5 Å². The van der Waals surface area contributed by atoms with Gasteiger partial charge in [0.2, 0.25) is 0 Å². The smallest absolute Gasteiger partial charge is 0.131 e. The van der Waals surface area contributed by atoms with E-state index in [2.05, 4.69) is 11.8 Å². The summed E-state index contributed by atoms with van der Waals surface area (Å²) in [5.41, 5.74) is 8.29. The number of anilines is 1. The Balaban J connectivity index is 2.97. The summed E-state index contributed by atoms with van der Waals surface area (Å²) < 4.78 is 0. The van der Waals surface area contributed by atoms with Crippen molar-refractivity contribution < 1.29 is 4.79 Å². The number of nitrogen functional groups attached to an aromatic ring is 1. The zero-order valence-electron chi connectivity index (χ0n) is 7.50. The number of hydrogen-bond acceptors (Lipinski definition) is 2. The van der Waals surface area contributed by atoms with Gasteiger partial charge in [-0.3, -0.25) is 0 Å². The van der Waals surface area contributed by atoms with E-state index in [4.69, 9.17) is 5.73 Å². The minimum atomic E-state index is 0.272. The van der Waals surface area contributed by atoms with Crippen LogP contribution < -0.4 is 5.73 Å². The van der Waals surface area contributed by atoms with Crippen molar-refractivity contribution in [2.45, 2.75) is 13.3 Å². The molecule has 1 aromatic carbocycles. The van der Waals surface area contributed by atoms with E-state index in [9.17, 15) is 4.79 Å². The number of carbonyl (C=O) groups excluding carboxylic acids is 1. The van der Waals surface area contributed by atoms with Crippen molar-refractivity contribution >= 4 is 12.0 Å². The molecule has 2 heteroatoms. The van der Waals surface area contributed by atoms with Gasteiger partial charge in [-0.1, -0.05) is 17.9 Å². The summed E-state index contributed by atoms with van der Waals surface area (Å²) in [6.45, 7) is 1.92. The summed E-state index contributed by atoms with van der Waals surface area (Å²) in [6, 6.07) is 5.58. The van der Waals surface area contributed by atoms with Crippen molar-refractivity contribution in [3.05, 3.63) is 29.3 Å². The quantitative estimate of drug-likeness (QED) is 0.397. The molecule has 1 aromatic rings. The van der Waals surface area contributed by atoms with Gasteiger partial charge in [0.15, 0.2) is 0 Å². The summed E-state index contributed by atoms with van der Waals surface area (Å²) in [5.74, 6) is 5.64. The van der Waals surface area contributed by atoms with Gasteiger partial charge in [0.05, 0.1) is 6.42 Å². The molecule has 2 nitrogen and oxygen atoms in total. The van der Waals surface area contributed by atoms with Crippen molar-refractivity contribution in [3.63, 3.8) is 0 Å². The van der Waals surface area contributed by atoms with Crippen molar-refractivity contribution in [2.75, 3.05) is 5.73 Å². The first-order valence-corrected chi connectivity index (χ1v) is 4.03. The third-order valence-electron chi connectivity index (χ3n) is 1.78. The van der Waals surface area contributed by atoms with Crippen LogP contribution >= 0.6 is 0 Å². The number of carbonyl (C=O) groups is 1. The zero-order chi connectivity index (χ0) is 9.68. The lowest BCUT2D eigenvalue weighted by atomic mass is 10.1. The minimum Gasteiger partial charge on any atom is -0.398 e. The lowest BCUT2D eigenvalue weighted by molar-refractivity contribution is -0.107. The molecule has 13 heavy (non-hydrogen) atoms. The maximum Gasteiger partial charge on any atom is 0.131 e. The third kappa shape index (κ3) is 2.34. The van der Waals surface area contributed by atoms with Crippen molar-refractivity contribution in [2.24, 2.45) is 0 Å². The van der Waals surface area contributed by atoms with Gasteiger partial charge in [0.25, 0.3) is 0 Å². The lowest BCUT2D eigenvalue weighted by Crippen LogP contribution is -1.91. The molecular weight excluding hydrogens is 162 g/mol. The summed E-state index contributed by atoms with van der Waals surface area (Å²) in [5, 5.41) is 0. The van der Waals surface area contributed by atoms with Crippen LogP contribution in [0.5, 0.6) is 0 Å². The van der Waals surface area contributed by atoms with E-state index in [1.54, 1.807) is 0 Å². The number of hydrogen-bond donors (Lipinski definition) is 1. The van der Waals surface area contributed by atoms with E-state index in [1.165, 1.54) is 0 Å². The van der Waals surface area contributed by atoms with E-state index < -0.39 is 0 Å². The highest BCUT2D eigenvalue weighted by molar-refractivity contribution is 5.58. The number of nitrogens with two attached hydrogens (primary N) is 1. The second-order valence-corrected chi connectivity index (χ2v) is 2.69. The molecule has 0 aromatic heterocycles. The van der Waals surface area contributed by atoms with Gasteiger partial charge >= 0.3 is 0 Å². The molecule has 0 spiro atoms. The van der Waals surface area contributed by atoms with Gasteiger partial charge in [-0.15, -0.1) is 0 Å².